The standard InChI is InChI=1S/C11H14BrNO2/c1-2-15-11(14)10(7-13)8-4-3-5-9(12)6-8/h3-6,10H,2,7,13H2,1H3. The molecule has 1 aromatic rings. The summed E-state index contributed by atoms with van der Waals surface area (Å²) >= 11 is 3.35. The molecular formula is C11H14BrNO2. The lowest BCUT2D eigenvalue weighted by atomic mass is 10.00. The van der Waals surface area contributed by atoms with Gasteiger partial charge < -0.3 is 10.5 Å². The smallest absolute Gasteiger partial charge is 0.314 e. The summed E-state index contributed by atoms with van der Waals surface area (Å²) in [6, 6.07) is 7.54. The van der Waals surface area contributed by atoms with Gasteiger partial charge in [-0.1, -0.05) is 28.1 Å². The van der Waals surface area contributed by atoms with Gasteiger partial charge in [-0.15, -0.1) is 0 Å². The van der Waals surface area contributed by atoms with Gasteiger partial charge in [0.1, 0.15) is 0 Å². The van der Waals surface area contributed by atoms with E-state index in [1.807, 2.05) is 24.3 Å². The molecule has 0 amide bonds. The fraction of sp³-hybridized carbons (Fsp3) is 0.364. The summed E-state index contributed by atoms with van der Waals surface area (Å²) in [4.78, 5) is 11.6. The van der Waals surface area contributed by atoms with Gasteiger partial charge in [0.25, 0.3) is 0 Å². The lowest BCUT2D eigenvalue weighted by Gasteiger charge is -2.13. The van der Waals surface area contributed by atoms with Crippen LogP contribution in [0.4, 0.5) is 0 Å². The SMILES string of the molecule is CCOC(=O)C(CN)c1cccc(Br)c1. The van der Waals surface area contributed by atoms with Crippen molar-refractivity contribution in [2.75, 3.05) is 13.2 Å². The molecule has 15 heavy (non-hydrogen) atoms. The average Bonchev–Trinajstić information content (AvgIpc) is 2.19. The minimum Gasteiger partial charge on any atom is -0.465 e. The zero-order valence-corrected chi connectivity index (χ0v) is 10.2. The van der Waals surface area contributed by atoms with E-state index in [4.69, 9.17) is 10.5 Å². The second-order valence-electron chi connectivity index (χ2n) is 3.10. The van der Waals surface area contributed by atoms with E-state index < -0.39 is 0 Å². The van der Waals surface area contributed by atoms with Crippen LogP contribution in [0.3, 0.4) is 0 Å². The number of benzene rings is 1. The molecule has 0 aliphatic heterocycles. The van der Waals surface area contributed by atoms with E-state index in [0.717, 1.165) is 10.0 Å². The van der Waals surface area contributed by atoms with Crippen LogP contribution in [-0.4, -0.2) is 19.1 Å². The molecule has 82 valence electrons. The van der Waals surface area contributed by atoms with Gasteiger partial charge in [0, 0.05) is 11.0 Å². The Kier molecular flexibility index (Phi) is 4.78. The second kappa shape index (κ2) is 5.88. The highest BCUT2D eigenvalue weighted by molar-refractivity contribution is 9.10. The molecule has 1 aromatic carbocycles. The van der Waals surface area contributed by atoms with Crippen molar-refractivity contribution in [3.63, 3.8) is 0 Å². The van der Waals surface area contributed by atoms with Crippen molar-refractivity contribution < 1.29 is 9.53 Å². The van der Waals surface area contributed by atoms with E-state index in [1.54, 1.807) is 6.92 Å². The van der Waals surface area contributed by atoms with Gasteiger partial charge in [-0.05, 0) is 24.6 Å². The first-order valence-electron chi connectivity index (χ1n) is 4.81. The predicted molar refractivity (Wildman–Crippen MR) is 62.6 cm³/mol. The number of nitrogens with two attached hydrogens (primary N) is 1. The summed E-state index contributed by atoms with van der Waals surface area (Å²) in [6.07, 6.45) is 0. The van der Waals surface area contributed by atoms with E-state index in [9.17, 15) is 4.79 Å². The van der Waals surface area contributed by atoms with Crippen molar-refractivity contribution in [3.05, 3.63) is 34.3 Å². The highest BCUT2D eigenvalue weighted by Crippen LogP contribution is 2.20. The van der Waals surface area contributed by atoms with Crippen molar-refractivity contribution in [2.45, 2.75) is 12.8 Å². The normalized spacial score (nSPS) is 12.2. The Hall–Kier alpha value is -0.870. The van der Waals surface area contributed by atoms with Crippen LogP contribution in [-0.2, 0) is 9.53 Å². The second-order valence-corrected chi connectivity index (χ2v) is 4.01. The number of carbonyl (C=O) groups is 1. The summed E-state index contributed by atoms with van der Waals surface area (Å²) < 4.78 is 5.89. The third kappa shape index (κ3) is 3.32. The largest absolute Gasteiger partial charge is 0.465 e. The number of rotatable bonds is 4. The lowest BCUT2D eigenvalue weighted by molar-refractivity contribution is -0.144. The quantitative estimate of drug-likeness (QED) is 0.853. The van der Waals surface area contributed by atoms with E-state index >= 15 is 0 Å². The van der Waals surface area contributed by atoms with Crippen LogP contribution in [0.25, 0.3) is 0 Å². The van der Waals surface area contributed by atoms with Crippen LogP contribution in [0.15, 0.2) is 28.7 Å². The van der Waals surface area contributed by atoms with Gasteiger partial charge in [-0.25, -0.2) is 0 Å². The molecule has 0 fully saturated rings. The monoisotopic (exact) mass is 271 g/mol. The maximum absolute atomic E-state index is 11.6. The Morgan fingerprint density at radius 1 is 1.60 bits per heavy atom. The molecule has 1 unspecified atom stereocenters. The molecule has 1 rings (SSSR count). The minimum absolute atomic E-state index is 0.259. The molecule has 1 atom stereocenters. The van der Waals surface area contributed by atoms with Crippen molar-refractivity contribution in [2.24, 2.45) is 5.73 Å². The molecule has 0 aliphatic carbocycles. The average molecular weight is 272 g/mol. The van der Waals surface area contributed by atoms with Crippen molar-refractivity contribution in [1.82, 2.24) is 0 Å². The number of ether oxygens (including phenoxy) is 1. The maximum atomic E-state index is 11.6. The molecule has 0 aliphatic rings. The molecular weight excluding hydrogens is 258 g/mol. The molecule has 2 N–H and O–H groups in total. The van der Waals surface area contributed by atoms with E-state index in [2.05, 4.69) is 15.9 Å². The highest BCUT2D eigenvalue weighted by atomic mass is 79.9. The van der Waals surface area contributed by atoms with Gasteiger partial charge in [0.05, 0.1) is 12.5 Å². The lowest BCUT2D eigenvalue weighted by Crippen LogP contribution is -2.23. The Labute approximate surface area is 97.7 Å². The summed E-state index contributed by atoms with van der Waals surface area (Å²) in [5, 5.41) is 0. The van der Waals surface area contributed by atoms with Crippen molar-refractivity contribution >= 4 is 21.9 Å². The summed E-state index contributed by atoms with van der Waals surface area (Å²) in [7, 11) is 0. The highest BCUT2D eigenvalue weighted by Gasteiger charge is 2.20. The number of hydrogen-bond donors (Lipinski definition) is 1. The first-order chi connectivity index (χ1) is 7.19. The van der Waals surface area contributed by atoms with Gasteiger partial charge >= 0.3 is 5.97 Å². The Morgan fingerprint density at radius 2 is 2.33 bits per heavy atom. The third-order valence-electron chi connectivity index (χ3n) is 2.06. The van der Waals surface area contributed by atoms with Crippen molar-refractivity contribution in [1.29, 1.82) is 0 Å². The topological polar surface area (TPSA) is 52.3 Å². The van der Waals surface area contributed by atoms with Crippen LogP contribution in [0.2, 0.25) is 0 Å². The number of hydrogen-bond acceptors (Lipinski definition) is 3. The van der Waals surface area contributed by atoms with Gasteiger partial charge in [-0.2, -0.15) is 0 Å². The zero-order chi connectivity index (χ0) is 11.3. The predicted octanol–water partition coefficient (Wildman–Crippen LogP) is 2.05. The van der Waals surface area contributed by atoms with Gasteiger partial charge in [0.15, 0.2) is 0 Å². The van der Waals surface area contributed by atoms with Gasteiger partial charge in [-0.3, -0.25) is 4.79 Å². The fourth-order valence-electron chi connectivity index (χ4n) is 1.33. The van der Waals surface area contributed by atoms with Crippen LogP contribution in [0.5, 0.6) is 0 Å². The number of halogens is 1. The summed E-state index contributed by atoms with van der Waals surface area (Å²) in [5.74, 6) is -0.638. The van der Waals surface area contributed by atoms with Crippen LogP contribution in [0, 0.1) is 0 Å². The molecule has 3 nitrogen and oxygen atoms in total. The van der Waals surface area contributed by atoms with E-state index in [-0.39, 0.29) is 18.4 Å². The van der Waals surface area contributed by atoms with Crippen LogP contribution >= 0.6 is 15.9 Å². The Bertz CT molecular complexity index is 341. The number of carbonyl (C=O) groups excluding carboxylic acids is 1. The molecule has 0 aromatic heterocycles. The van der Waals surface area contributed by atoms with E-state index in [0.29, 0.717) is 6.61 Å². The summed E-state index contributed by atoms with van der Waals surface area (Å²) in [6.45, 7) is 2.42. The molecule has 4 heteroatoms. The summed E-state index contributed by atoms with van der Waals surface area (Å²) in [5.41, 5.74) is 6.45. The Balaban J connectivity index is 2.87. The van der Waals surface area contributed by atoms with E-state index in [1.165, 1.54) is 0 Å². The first kappa shape index (κ1) is 12.2. The third-order valence-corrected chi connectivity index (χ3v) is 2.55. The van der Waals surface area contributed by atoms with Crippen molar-refractivity contribution in [3.8, 4) is 0 Å². The molecule has 0 bridgehead atoms. The maximum Gasteiger partial charge on any atom is 0.314 e. The minimum atomic E-state index is -0.373. The van der Waals surface area contributed by atoms with Crippen LogP contribution in [0.1, 0.15) is 18.4 Å². The first-order valence-corrected chi connectivity index (χ1v) is 5.60. The van der Waals surface area contributed by atoms with Gasteiger partial charge in [0.2, 0.25) is 0 Å². The molecule has 0 spiro atoms. The molecule has 0 radical (unpaired) electrons. The van der Waals surface area contributed by atoms with Crippen LogP contribution < -0.4 is 5.73 Å². The molecule has 0 saturated heterocycles. The zero-order valence-electron chi connectivity index (χ0n) is 8.57. The molecule has 0 saturated carbocycles. The number of esters is 1. The fourth-order valence-corrected chi connectivity index (χ4v) is 1.75. The molecule has 0 heterocycles. The Morgan fingerprint density at radius 3 is 2.87 bits per heavy atom.